The molecule has 0 aromatic heterocycles. The van der Waals surface area contributed by atoms with E-state index in [9.17, 15) is 0 Å². The smallest absolute Gasteiger partial charge is 0.183 e. The molecule has 20 heavy (non-hydrogen) atoms. The van der Waals surface area contributed by atoms with Crippen molar-refractivity contribution in [3.63, 3.8) is 0 Å². The normalized spacial score (nSPS) is 11.7. The number of nitrogens with one attached hydrogen (secondary N) is 1. The standard InChI is InChI=1S/C14H13Cl2N3S/c1-11(7-8-13(15)16)9-20-14(18-10-17)19-12-5-3-2-4-6-12/h2-8H,9H2,1H3,(H,18,19)/b11-7+. The minimum Gasteiger partial charge on any atom is -0.271 e. The number of nitrogens with zero attached hydrogens (tertiary/aromatic N) is 2. The molecule has 0 unspecified atom stereocenters. The predicted molar refractivity (Wildman–Crippen MR) is 88.3 cm³/mol. The van der Waals surface area contributed by atoms with Crippen molar-refractivity contribution in [2.45, 2.75) is 6.92 Å². The Morgan fingerprint density at radius 1 is 1.35 bits per heavy atom. The molecule has 104 valence electrons. The molecule has 1 rings (SSSR count). The van der Waals surface area contributed by atoms with Crippen LogP contribution in [0.2, 0.25) is 0 Å². The molecule has 1 aromatic rings. The molecule has 0 saturated heterocycles. The summed E-state index contributed by atoms with van der Waals surface area (Å²) in [5.74, 6) is 0.678. The summed E-state index contributed by atoms with van der Waals surface area (Å²) in [5.41, 5.74) is 1.86. The summed E-state index contributed by atoms with van der Waals surface area (Å²) in [4.78, 5) is 4.37. The van der Waals surface area contributed by atoms with E-state index in [1.54, 1.807) is 6.08 Å². The monoisotopic (exact) mass is 325 g/mol. The lowest BCUT2D eigenvalue weighted by Crippen LogP contribution is -2.14. The first-order chi connectivity index (χ1) is 9.61. The van der Waals surface area contributed by atoms with Gasteiger partial charge in [0.15, 0.2) is 11.4 Å². The third-order valence-electron chi connectivity index (χ3n) is 2.08. The van der Waals surface area contributed by atoms with Gasteiger partial charge in [0, 0.05) is 5.75 Å². The lowest BCUT2D eigenvalue weighted by Gasteiger charge is -2.04. The topological polar surface area (TPSA) is 48.2 Å². The Balaban J connectivity index is 2.70. The van der Waals surface area contributed by atoms with Gasteiger partial charge in [-0.05, 0) is 25.1 Å². The minimum atomic E-state index is 0.211. The van der Waals surface area contributed by atoms with Gasteiger partial charge >= 0.3 is 0 Å². The van der Waals surface area contributed by atoms with Crippen molar-refractivity contribution >= 4 is 45.8 Å². The van der Waals surface area contributed by atoms with Crippen LogP contribution in [0.3, 0.4) is 0 Å². The van der Waals surface area contributed by atoms with Gasteiger partial charge in [-0.15, -0.1) is 0 Å². The van der Waals surface area contributed by atoms with Gasteiger partial charge in [0.1, 0.15) is 4.49 Å². The summed E-state index contributed by atoms with van der Waals surface area (Å²) in [6.07, 6.45) is 5.33. The second-order valence-electron chi connectivity index (χ2n) is 3.75. The number of allylic oxidation sites excluding steroid dienone is 2. The molecule has 0 heterocycles. The van der Waals surface area contributed by atoms with Crippen LogP contribution in [0.1, 0.15) is 6.92 Å². The molecule has 0 amide bonds. The van der Waals surface area contributed by atoms with Crippen LogP contribution in [0.5, 0.6) is 0 Å². The van der Waals surface area contributed by atoms with Crippen molar-refractivity contribution in [2.24, 2.45) is 4.99 Å². The molecule has 0 saturated carbocycles. The molecule has 0 spiro atoms. The minimum absolute atomic E-state index is 0.211. The first kappa shape index (κ1) is 16.6. The van der Waals surface area contributed by atoms with Crippen LogP contribution < -0.4 is 5.32 Å². The van der Waals surface area contributed by atoms with Gasteiger partial charge < -0.3 is 0 Å². The Morgan fingerprint density at radius 2 is 2.05 bits per heavy atom. The van der Waals surface area contributed by atoms with Crippen LogP contribution in [-0.4, -0.2) is 10.9 Å². The Hall–Kier alpha value is -1.41. The molecule has 1 N–H and O–H groups in total. The number of aliphatic imine (C=N–C) groups is 1. The lowest BCUT2D eigenvalue weighted by atomic mass is 10.3. The van der Waals surface area contributed by atoms with Crippen LogP contribution in [-0.2, 0) is 0 Å². The first-order valence-corrected chi connectivity index (χ1v) is 7.46. The average molecular weight is 326 g/mol. The van der Waals surface area contributed by atoms with Crippen molar-refractivity contribution in [1.82, 2.24) is 5.32 Å². The van der Waals surface area contributed by atoms with E-state index in [-0.39, 0.29) is 4.49 Å². The Bertz CT molecular complexity index is 556. The number of halogens is 2. The van der Waals surface area contributed by atoms with Gasteiger partial charge in [-0.1, -0.05) is 64.8 Å². The molecular formula is C14H13Cl2N3S. The summed E-state index contributed by atoms with van der Waals surface area (Å²) in [7, 11) is 0. The number of amidine groups is 1. The largest absolute Gasteiger partial charge is 0.271 e. The molecule has 0 fully saturated rings. The van der Waals surface area contributed by atoms with E-state index in [0.717, 1.165) is 11.3 Å². The molecule has 6 heteroatoms. The van der Waals surface area contributed by atoms with Crippen molar-refractivity contribution in [3.05, 3.63) is 52.5 Å². The number of hydrogen-bond acceptors (Lipinski definition) is 3. The molecule has 0 radical (unpaired) electrons. The van der Waals surface area contributed by atoms with Crippen LogP contribution in [0.25, 0.3) is 0 Å². The molecule has 0 aliphatic rings. The third kappa shape index (κ3) is 7.25. The number of rotatable bonds is 4. The fourth-order valence-electron chi connectivity index (χ4n) is 1.20. The van der Waals surface area contributed by atoms with Crippen LogP contribution in [0.4, 0.5) is 5.69 Å². The number of benzene rings is 1. The van der Waals surface area contributed by atoms with Gasteiger partial charge in [0.25, 0.3) is 0 Å². The molecule has 0 aliphatic carbocycles. The second-order valence-corrected chi connectivity index (χ2v) is 5.72. The van der Waals surface area contributed by atoms with Crippen molar-refractivity contribution in [1.29, 1.82) is 5.26 Å². The predicted octanol–water partition coefficient (Wildman–Crippen LogP) is 4.74. The zero-order valence-electron chi connectivity index (χ0n) is 10.8. The van der Waals surface area contributed by atoms with E-state index in [4.69, 9.17) is 28.5 Å². The summed E-state index contributed by atoms with van der Waals surface area (Å²) in [6.45, 7) is 1.95. The van der Waals surface area contributed by atoms with Crippen LogP contribution >= 0.6 is 35.0 Å². The van der Waals surface area contributed by atoms with Crippen molar-refractivity contribution in [2.75, 3.05) is 5.75 Å². The molecular weight excluding hydrogens is 313 g/mol. The van der Waals surface area contributed by atoms with E-state index in [1.807, 2.05) is 49.5 Å². The van der Waals surface area contributed by atoms with E-state index in [2.05, 4.69) is 10.3 Å². The zero-order chi connectivity index (χ0) is 14.8. The van der Waals surface area contributed by atoms with Crippen molar-refractivity contribution < 1.29 is 0 Å². The van der Waals surface area contributed by atoms with Gasteiger partial charge in [0.05, 0.1) is 5.69 Å². The highest BCUT2D eigenvalue weighted by atomic mass is 35.5. The Morgan fingerprint density at radius 3 is 2.65 bits per heavy atom. The van der Waals surface area contributed by atoms with Crippen LogP contribution in [0.15, 0.2) is 57.5 Å². The van der Waals surface area contributed by atoms with Gasteiger partial charge in [-0.25, -0.2) is 4.99 Å². The van der Waals surface area contributed by atoms with Crippen LogP contribution in [0, 0.1) is 11.5 Å². The molecule has 0 aliphatic heterocycles. The van der Waals surface area contributed by atoms with Crippen molar-refractivity contribution in [3.8, 4) is 6.19 Å². The highest BCUT2D eigenvalue weighted by Crippen LogP contribution is 2.16. The van der Waals surface area contributed by atoms with Gasteiger partial charge in [-0.2, -0.15) is 5.26 Å². The summed E-state index contributed by atoms with van der Waals surface area (Å²) >= 11 is 12.5. The number of hydrogen-bond donors (Lipinski definition) is 1. The molecule has 3 nitrogen and oxygen atoms in total. The average Bonchev–Trinajstić information content (AvgIpc) is 2.44. The maximum atomic E-state index is 8.74. The highest BCUT2D eigenvalue weighted by molar-refractivity contribution is 8.14. The summed E-state index contributed by atoms with van der Waals surface area (Å²) in [5, 5.41) is 11.9. The van der Waals surface area contributed by atoms with E-state index in [1.165, 1.54) is 11.8 Å². The molecule has 0 atom stereocenters. The summed E-state index contributed by atoms with van der Waals surface area (Å²) in [6, 6.07) is 9.45. The Labute approximate surface area is 133 Å². The third-order valence-corrected chi connectivity index (χ3v) is 3.40. The summed E-state index contributed by atoms with van der Waals surface area (Å²) < 4.78 is 0.211. The highest BCUT2D eigenvalue weighted by Gasteiger charge is 2.01. The number of nitriles is 1. The quantitative estimate of drug-likeness (QED) is 0.286. The van der Waals surface area contributed by atoms with E-state index in [0.29, 0.717) is 10.9 Å². The molecule has 1 aromatic carbocycles. The second kappa shape index (κ2) is 9.49. The lowest BCUT2D eigenvalue weighted by molar-refractivity contribution is 1.28. The molecule has 0 bridgehead atoms. The fourth-order valence-corrected chi connectivity index (χ4v) is 2.07. The van der Waals surface area contributed by atoms with E-state index < -0.39 is 0 Å². The number of thioether (sulfide) groups is 1. The fraction of sp³-hybridized carbons (Fsp3) is 0.143. The zero-order valence-corrected chi connectivity index (χ0v) is 13.1. The first-order valence-electron chi connectivity index (χ1n) is 5.72. The SMILES string of the molecule is C/C(=C\C=C(Cl)Cl)CSC(=Nc1ccccc1)NC#N. The number of para-hydroxylation sites is 1. The van der Waals surface area contributed by atoms with Gasteiger partial charge in [0.2, 0.25) is 0 Å². The van der Waals surface area contributed by atoms with E-state index >= 15 is 0 Å². The maximum Gasteiger partial charge on any atom is 0.183 e. The van der Waals surface area contributed by atoms with Gasteiger partial charge in [-0.3, -0.25) is 5.32 Å². The Kier molecular flexibility index (Phi) is 7.89. The maximum absolute atomic E-state index is 8.74.